The Morgan fingerprint density at radius 1 is 1.08 bits per heavy atom. The molecule has 0 spiro atoms. The number of carbonyl (C=O) groups excluding carboxylic acids is 2. The quantitative estimate of drug-likeness (QED) is 0.206. The second-order valence-corrected chi connectivity index (χ2v) is 9.16. The van der Waals surface area contributed by atoms with Crippen LogP contribution in [0.1, 0.15) is 28.3 Å². The second kappa shape index (κ2) is 9.75. The van der Waals surface area contributed by atoms with E-state index in [0.717, 1.165) is 11.6 Å². The van der Waals surface area contributed by atoms with Gasteiger partial charge in [-0.25, -0.2) is 9.37 Å². The second-order valence-electron chi connectivity index (χ2n) is 8.29. The lowest BCUT2D eigenvalue weighted by Crippen LogP contribution is -2.29. The molecule has 1 fully saturated rings. The molecule has 1 unspecified atom stereocenters. The molecule has 1 aliphatic rings. The summed E-state index contributed by atoms with van der Waals surface area (Å²) in [5.41, 5.74) is 1.98. The fourth-order valence-corrected chi connectivity index (χ4v) is 4.73. The summed E-state index contributed by atoms with van der Waals surface area (Å²) in [6, 6.07) is 19.9. The Kier molecular flexibility index (Phi) is 6.35. The van der Waals surface area contributed by atoms with Crippen LogP contribution < -0.4 is 9.64 Å². The van der Waals surface area contributed by atoms with Crippen LogP contribution in [0.2, 0.25) is 0 Å². The van der Waals surface area contributed by atoms with Crippen molar-refractivity contribution in [2.24, 2.45) is 0 Å². The molecule has 2 heterocycles. The molecule has 1 saturated heterocycles. The number of aryl methyl sites for hydroxylation is 1. The van der Waals surface area contributed by atoms with Gasteiger partial charge in [0, 0.05) is 17.1 Å². The number of thiazole rings is 1. The van der Waals surface area contributed by atoms with E-state index in [1.807, 2.05) is 30.3 Å². The van der Waals surface area contributed by atoms with Crippen molar-refractivity contribution in [1.29, 1.82) is 0 Å². The van der Waals surface area contributed by atoms with E-state index in [0.29, 0.717) is 28.6 Å². The molecule has 8 heteroatoms. The molecule has 3 aromatic carbocycles. The van der Waals surface area contributed by atoms with Gasteiger partial charge in [-0.05, 0) is 41.8 Å². The Labute approximate surface area is 210 Å². The summed E-state index contributed by atoms with van der Waals surface area (Å²) in [7, 11) is 0. The maximum Gasteiger partial charge on any atom is 0.301 e. The fraction of sp³-hybridized carbons (Fsp3) is 0.107. The first-order valence-corrected chi connectivity index (χ1v) is 12.1. The van der Waals surface area contributed by atoms with Crippen LogP contribution >= 0.6 is 11.3 Å². The van der Waals surface area contributed by atoms with Crippen molar-refractivity contribution < 1.29 is 23.8 Å². The van der Waals surface area contributed by atoms with Crippen molar-refractivity contribution >= 4 is 33.9 Å². The highest BCUT2D eigenvalue weighted by Crippen LogP contribution is 2.43. The first kappa shape index (κ1) is 23.4. The van der Waals surface area contributed by atoms with Crippen LogP contribution in [-0.2, 0) is 16.2 Å². The summed E-state index contributed by atoms with van der Waals surface area (Å²) < 4.78 is 20.1. The van der Waals surface area contributed by atoms with Gasteiger partial charge < -0.3 is 9.84 Å². The first-order chi connectivity index (χ1) is 17.4. The number of Topliss-reactive ketones (excluding diaryl/α,β-unsaturated/α-hetero) is 1. The molecule has 1 amide bonds. The zero-order chi connectivity index (χ0) is 25.2. The molecule has 6 nitrogen and oxygen atoms in total. The maximum atomic E-state index is 14.2. The van der Waals surface area contributed by atoms with Crippen LogP contribution in [0.3, 0.4) is 0 Å². The van der Waals surface area contributed by atoms with E-state index in [9.17, 15) is 19.1 Å². The largest absolute Gasteiger partial charge is 0.507 e. The summed E-state index contributed by atoms with van der Waals surface area (Å²) in [4.78, 5) is 31.7. The van der Waals surface area contributed by atoms with Gasteiger partial charge in [0.25, 0.3) is 5.78 Å². The van der Waals surface area contributed by atoms with E-state index in [4.69, 9.17) is 4.74 Å². The van der Waals surface area contributed by atoms with Gasteiger partial charge in [0.15, 0.2) is 5.13 Å². The summed E-state index contributed by atoms with van der Waals surface area (Å²) in [6.45, 7) is 1.98. The fourth-order valence-electron chi connectivity index (χ4n) is 4.06. The summed E-state index contributed by atoms with van der Waals surface area (Å²) in [5, 5.41) is 13.1. The summed E-state index contributed by atoms with van der Waals surface area (Å²) in [6.07, 6.45) is 1.53. The van der Waals surface area contributed by atoms with Crippen LogP contribution in [0, 0.1) is 12.7 Å². The van der Waals surface area contributed by atoms with Crippen molar-refractivity contribution in [2.75, 3.05) is 4.90 Å². The van der Waals surface area contributed by atoms with Gasteiger partial charge in [-0.2, -0.15) is 0 Å². The van der Waals surface area contributed by atoms with Gasteiger partial charge in [0.2, 0.25) is 0 Å². The van der Waals surface area contributed by atoms with Crippen molar-refractivity contribution in [1.82, 2.24) is 4.98 Å². The van der Waals surface area contributed by atoms with Crippen LogP contribution in [0.25, 0.3) is 5.76 Å². The van der Waals surface area contributed by atoms with Crippen LogP contribution in [0.4, 0.5) is 9.52 Å². The molecule has 1 N–H and O–H groups in total. The smallest absolute Gasteiger partial charge is 0.301 e. The number of hydrogen-bond donors (Lipinski definition) is 1. The first-order valence-electron chi connectivity index (χ1n) is 11.2. The third-order valence-electron chi connectivity index (χ3n) is 5.96. The molecular formula is C28H21FN2O4S. The normalized spacial score (nSPS) is 16.9. The van der Waals surface area contributed by atoms with Crippen LogP contribution in [0.5, 0.6) is 5.75 Å². The highest BCUT2D eigenvalue weighted by molar-refractivity contribution is 7.14. The van der Waals surface area contributed by atoms with E-state index in [1.54, 1.807) is 36.6 Å². The topological polar surface area (TPSA) is 79.7 Å². The number of aliphatic hydroxyl groups excluding tert-OH is 1. The minimum absolute atomic E-state index is 0.114. The molecule has 0 bridgehead atoms. The molecule has 0 saturated carbocycles. The number of rotatable bonds is 6. The molecular weight excluding hydrogens is 479 g/mol. The van der Waals surface area contributed by atoms with Gasteiger partial charge in [0.1, 0.15) is 23.9 Å². The van der Waals surface area contributed by atoms with Crippen molar-refractivity contribution in [2.45, 2.75) is 19.6 Å². The minimum Gasteiger partial charge on any atom is -0.507 e. The van der Waals surface area contributed by atoms with Crippen LogP contribution in [-0.4, -0.2) is 21.8 Å². The van der Waals surface area contributed by atoms with Crippen LogP contribution in [0.15, 0.2) is 89.9 Å². The minimum atomic E-state index is -0.941. The van der Waals surface area contributed by atoms with Gasteiger partial charge in [-0.1, -0.05) is 54.6 Å². The monoisotopic (exact) mass is 500 g/mol. The third-order valence-corrected chi connectivity index (χ3v) is 6.73. The Morgan fingerprint density at radius 3 is 2.50 bits per heavy atom. The number of aromatic nitrogens is 1. The number of nitrogens with zero attached hydrogens (tertiary/aromatic N) is 2. The van der Waals surface area contributed by atoms with Gasteiger partial charge in [0.05, 0.1) is 11.6 Å². The van der Waals surface area contributed by atoms with E-state index in [2.05, 4.69) is 4.98 Å². The lowest BCUT2D eigenvalue weighted by molar-refractivity contribution is -0.132. The van der Waals surface area contributed by atoms with E-state index in [1.165, 1.54) is 34.6 Å². The molecule has 4 aromatic rings. The number of aliphatic hydroxyl groups is 1. The maximum absolute atomic E-state index is 14.2. The highest BCUT2D eigenvalue weighted by Gasteiger charge is 2.48. The molecule has 180 valence electrons. The number of ketones is 1. The van der Waals surface area contributed by atoms with Gasteiger partial charge in [-0.3, -0.25) is 14.5 Å². The zero-order valence-electron chi connectivity index (χ0n) is 19.2. The predicted molar refractivity (Wildman–Crippen MR) is 135 cm³/mol. The molecule has 1 aliphatic heterocycles. The Hall–Kier alpha value is -4.30. The van der Waals surface area contributed by atoms with Gasteiger partial charge >= 0.3 is 5.91 Å². The summed E-state index contributed by atoms with van der Waals surface area (Å²) in [5.74, 6) is -2.04. The highest BCUT2D eigenvalue weighted by atomic mass is 32.1. The van der Waals surface area contributed by atoms with E-state index >= 15 is 0 Å². The molecule has 1 aromatic heterocycles. The van der Waals surface area contributed by atoms with E-state index < -0.39 is 29.3 Å². The molecule has 36 heavy (non-hydrogen) atoms. The number of ether oxygens (including phenoxy) is 1. The number of halogens is 1. The number of hydrogen-bond acceptors (Lipinski definition) is 6. The summed E-state index contributed by atoms with van der Waals surface area (Å²) >= 11 is 1.20. The number of carbonyl (C=O) groups is 2. The van der Waals surface area contributed by atoms with Crippen molar-refractivity contribution in [3.8, 4) is 5.75 Å². The lowest BCUT2D eigenvalue weighted by atomic mass is 9.95. The third kappa shape index (κ3) is 4.38. The number of benzene rings is 3. The Balaban J connectivity index is 1.54. The standard InChI is InChI=1S/C28H21FN2O4S/c1-17-7-8-20(15-22(17)29)25(32)23-24(31(27(34)26(23)33)28-30-13-14-36-28)19-9-11-21(12-10-19)35-16-18-5-3-2-4-6-18/h2-15,24,32H,16H2,1H3. The number of anilines is 1. The lowest BCUT2D eigenvalue weighted by Gasteiger charge is -2.23. The Bertz CT molecular complexity index is 1450. The van der Waals surface area contributed by atoms with Crippen molar-refractivity contribution in [3.63, 3.8) is 0 Å². The zero-order valence-corrected chi connectivity index (χ0v) is 20.0. The molecule has 0 radical (unpaired) electrons. The molecule has 0 aliphatic carbocycles. The molecule has 1 atom stereocenters. The SMILES string of the molecule is Cc1ccc(C(O)=C2C(=O)C(=O)N(c3nccs3)C2c2ccc(OCc3ccccc3)cc2)cc1F. The average molecular weight is 501 g/mol. The van der Waals surface area contributed by atoms with Crippen molar-refractivity contribution in [3.05, 3.63) is 118 Å². The average Bonchev–Trinajstić information content (AvgIpc) is 3.51. The van der Waals surface area contributed by atoms with Gasteiger partial charge in [-0.15, -0.1) is 11.3 Å². The number of amides is 1. The molecule has 5 rings (SSSR count). The Morgan fingerprint density at radius 2 is 1.83 bits per heavy atom. The predicted octanol–water partition coefficient (Wildman–Crippen LogP) is 5.80. The van der Waals surface area contributed by atoms with E-state index in [-0.39, 0.29) is 11.1 Å².